The Morgan fingerprint density at radius 1 is 1.21 bits per heavy atom. The van der Waals surface area contributed by atoms with Crippen LogP contribution in [-0.4, -0.2) is 56.4 Å². The Kier molecular flexibility index (Phi) is 8.00. The summed E-state index contributed by atoms with van der Waals surface area (Å²) in [4.78, 5) is 35.7. The molecule has 1 saturated heterocycles. The molecular formula is C18H24ClN3O6S. The lowest BCUT2D eigenvalue weighted by molar-refractivity contribution is -0.127. The van der Waals surface area contributed by atoms with Crippen LogP contribution >= 0.6 is 11.6 Å². The van der Waals surface area contributed by atoms with E-state index in [0.29, 0.717) is 19.6 Å². The van der Waals surface area contributed by atoms with Crippen molar-refractivity contribution in [3.05, 3.63) is 28.8 Å². The van der Waals surface area contributed by atoms with Gasteiger partial charge in [-0.1, -0.05) is 18.0 Å². The van der Waals surface area contributed by atoms with Crippen LogP contribution in [0, 0.1) is 0 Å². The topological polar surface area (TPSA) is 122 Å². The molecule has 1 aliphatic heterocycles. The fourth-order valence-corrected chi connectivity index (χ4v) is 4.51. The zero-order valence-electron chi connectivity index (χ0n) is 16.2. The number of benzene rings is 1. The Balaban J connectivity index is 2.15. The first-order chi connectivity index (χ1) is 13.7. The molecule has 1 heterocycles. The Hall–Kier alpha value is -2.17. The van der Waals surface area contributed by atoms with E-state index in [0.717, 1.165) is 25.3 Å². The minimum atomic E-state index is -3.77. The van der Waals surface area contributed by atoms with Crippen LogP contribution in [0.4, 0.5) is 4.79 Å². The van der Waals surface area contributed by atoms with Crippen LogP contribution in [0.25, 0.3) is 0 Å². The third-order valence-corrected chi connectivity index (χ3v) is 6.56. The largest absolute Gasteiger partial charge is 0.449 e. The Bertz CT molecular complexity index is 884. The molecule has 9 nitrogen and oxygen atoms in total. The normalized spacial score (nSPS) is 16.0. The summed E-state index contributed by atoms with van der Waals surface area (Å²) in [5.41, 5.74) is -0.178. The smallest absolute Gasteiger partial charge is 0.340 e. The van der Waals surface area contributed by atoms with Gasteiger partial charge in [0.15, 0.2) is 6.10 Å². The number of nitrogens with one attached hydrogen (secondary N) is 2. The number of nitrogens with zero attached hydrogens (tertiary/aromatic N) is 1. The number of sulfonamides is 1. The molecule has 1 fully saturated rings. The zero-order chi connectivity index (χ0) is 21.6. The van der Waals surface area contributed by atoms with E-state index in [2.05, 4.69) is 5.32 Å². The molecule has 0 saturated carbocycles. The molecule has 2 rings (SSSR count). The molecule has 29 heavy (non-hydrogen) atoms. The van der Waals surface area contributed by atoms with Crippen molar-refractivity contribution in [3.8, 4) is 0 Å². The number of amides is 3. The van der Waals surface area contributed by atoms with Crippen molar-refractivity contribution in [3.63, 3.8) is 0 Å². The fourth-order valence-electron chi connectivity index (χ4n) is 2.77. The highest BCUT2D eigenvalue weighted by atomic mass is 35.5. The average molecular weight is 446 g/mol. The fraction of sp³-hybridized carbons (Fsp3) is 0.500. The van der Waals surface area contributed by atoms with Gasteiger partial charge in [-0.15, -0.1) is 0 Å². The van der Waals surface area contributed by atoms with Gasteiger partial charge in [-0.25, -0.2) is 18.0 Å². The van der Waals surface area contributed by atoms with Gasteiger partial charge in [0.05, 0.1) is 15.5 Å². The first kappa shape index (κ1) is 23.1. The first-order valence-corrected chi connectivity index (χ1v) is 11.1. The van der Waals surface area contributed by atoms with Crippen LogP contribution in [0.5, 0.6) is 0 Å². The molecular weight excluding hydrogens is 422 g/mol. The molecule has 3 amide bonds. The second-order valence-electron chi connectivity index (χ2n) is 6.50. The number of hydrogen-bond acceptors (Lipinski definition) is 6. The van der Waals surface area contributed by atoms with E-state index in [1.165, 1.54) is 23.4 Å². The molecule has 1 aromatic rings. The second kappa shape index (κ2) is 10.0. The summed E-state index contributed by atoms with van der Waals surface area (Å²) in [7, 11) is -3.77. The standard InChI is InChI=1S/C18H24ClN3O6S/c1-3-20-18(25)21-16(23)12(2)28-17(24)14-11-13(7-8-15(14)19)29(26,27)22-9-5-4-6-10-22/h7-8,11-12H,3-6,9-10H2,1-2H3,(H2,20,21,23,25). The van der Waals surface area contributed by atoms with Gasteiger partial charge in [0, 0.05) is 19.6 Å². The van der Waals surface area contributed by atoms with E-state index in [1.807, 2.05) is 5.32 Å². The predicted octanol–water partition coefficient (Wildman–Crippen LogP) is 1.91. The predicted molar refractivity (Wildman–Crippen MR) is 106 cm³/mol. The van der Waals surface area contributed by atoms with Gasteiger partial charge in [0.2, 0.25) is 10.0 Å². The minimum Gasteiger partial charge on any atom is -0.449 e. The van der Waals surface area contributed by atoms with Crippen LogP contribution in [-0.2, 0) is 19.6 Å². The number of esters is 1. The SMILES string of the molecule is CCNC(=O)NC(=O)C(C)OC(=O)c1cc(S(=O)(=O)N2CCCCC2)ccc1Cl. The van der Waals surface area contributed by atoms with Crippen LogP contribution in [0.3, 0.4) is 0 Å². The lowest BCUT2D eigenvalue weighted by Crippen LogP contribution is -2.44. The molecule has 0 aliphatic carbocycles. The van der Waals surface area contributed by atoms with E-state index in [9.17, 15) is 22.8 Å². The van der Waals surface area contributed by atoms with Gasteiger partial charge in [0.1, 0.15) is 0 Å². The molecule has 1 atom stereocenters. The summed E-state index contributed by atoms with van der Waals surface area (Å²) in [6, 6.07) is 3.05. The summed E-state index contributed by atoms with van der Waals surface area (Å²) in [6.07, 6.45) is 1.24. The lowest BCUT2D eigenvalue weighted by atomic mass is 10.2. The number of carbonyl (C=O) groups is 3. The molecule has 0 radical (unpaired) electrons. The third kappa shape index (κ3) is 5.91. The molecule has 160 valence electrons. The van der Waals surface area contributed by atoms with Crippen LogP contribution in [0.1, 0.15) is 43.5 Å². The number of imide groups is 1. The van der Waals surface area contributed by atoms with Gasteiger partial charge >= 0.3 is 12.0 Å². The monoisotopic (exact) mass is 445 g/mol. The number of rotatable bonds is 6. The summed E-state index contributed by atoms with van der Waals surface area (Å²) in [6.45, 7) is 4.12. The number of urea groups is 1. The van der Waals surface area contributed by atoms with Crippen molar-refractivity contribution in [1.82, 2.24) is 14.9 Å². The molecule has 0 spiro atoms. The van der Waals surface area contributed by atoms with E-state index >= 15 is 0 Å². The van der Waals surface area contributed by atoms with Crippen LogP contribution in [0.2, 0.25) is 5.02 Å². The molecule has 2 N–H and O–H groups in total. The number of halogens is 1. The Morgan fingerprint density at radius 3 is 2.48 bits per heavy atom. The summed E-state index contributed by atoms with van der Waals surface area (Å²) >= 11 is 6.04. The highest BCUT2D eigenvalue weighted by Crippen LogP contribution is 2.25. The van der Waals surface area contributed by atoms with Crippen molar-refractivity contribution in [2.45, 2.75) is 44.1 Å². The molecule has 1 aliphatic rings. The van der Waals surface area contributed by atoms with Gasteiger partial charge in [-0.3, -0.25) is 10.1 Å². The minimum absolute atomic E-state index is 0.0103. The second-order valence-corrected chi connectivity index (χ2v) is 8.85. The average Bonchev–Trinajstić information content (AvgIpc) is 2.68. The van der Waals surface area contributed by atoms with Crippen LogP contribution < -0.4 is 10.6 Å². The van der Waals surface area contributed by atoms with E-state index in [1.54, 1.807) is 6.92 Å². The highest BCUT2D eigenvalue weighted by Gasteiger charge is 2.28. The van der Waals surface area contributed by atoms with Crippen molar-refractivity contribution in [2.24, 2.45) is 0 Å². The van der Waals surface area contributed by atoms with E-state index < -0.39 is 34.0 Å². The van der Waals surface area contributed by atoms with E-state index in [-0.39, 0.29) is 15.5 Å². The first-order valence-electron chi connectivity index (χ1n) is 9.26. The van der Waals surface area contributed by atoms with Crippen molar-refractivity contribution >= 4 is 39.5 Å². The van der Waals surface area contributed by atoms with Gasteiger partial charge < -0.3 is 10.1 Å². The highest BCUT2D eigenvalue weighted by molar-refractivity contribution is 7.89. The molecule has 11 heteroatoms. The molecule has 0 aromatic heterocycles. The van der Waals surface area contributed by atoms with Crippen LogP contribution in [0.15, 0.2) is 23.1 Å². The summed E-state index contributed by atoms with van der Waals surface area (Å²) in [5.74, 6) is -1.79. The maximum atomic E-state index is 12.8. The third-order valence-electron chi connectivity index (χ3n) is 4.34. The maximum absolute atomic E-state index is 12.8. The zero-order valence-corrected chi connectivity index (χ0v) is 17.8. The van der Waals surface area contributed by atoms with Crippen molar-refractivity contribution in [1.29, 1.82) is 0 Å². The Morgan fingerprint density at radius 2 is 1.86 bits per heavy atom. The quantitative estimate of drug-likeness (QED) is 0.645. The molecule has 1 aromatic carbocycles. The maximum Gasteiger partial charge on any atom is 0.340 e. The number of carbonyl (C=O) groups excluding carboxylic acids is 3. The summed E-state index contributed by atoms with van der Waals surface area (Å²) < 4.78 is 32.0. The van der Waals surface area contributed by atoms with Gasteiger partial charge in [0.25, 0.3) is 5.91 Å². The van der Waals surface area contributed by atoms with Gasteiger partial charge in [-0.05, 0) is 44.9 Å². The number of piperidine rings is 1. The number of hydrogen-bond donors (Lipinski definition) is 2. The Labute approximate surface area is 174 Å². The van der Waals surface area contributed by atoms with E-state index in [4.69, 9.17) is 16.3 Å². The lowest BCUT2D eigenvalue weighted by Gasteiger charge is -2.26. The molecule has 1 unspecified atom stereocenters. The molecule has 0 bridgehead atoms. The van der Waals surface area contributed by atoms with Crippen molar-refractivity contribution in [2.75, 3.05) is 19.6 Å². The number of ether oxygens (including phenoxy) is 1. The van der Waals surface area contributed by atoms with Gasteiger partial charge in [-0.2, -0.15) is 4.31 Å². The van der Waals surface area contributed by atoms with Crippen molar-refractivity contribution < 1.29 is 27.5 Å². The summed E-state index contributed by atoms with van der Waals surface area (Å²) in [5, 5.41) is 4.40.